The molecule has 0 unspecified atom stereocenters. The van der Waals surface area contributed by atoms with Crippen LogP contribution in [0, 0.1) is 6.33 Å². The van der Waals surface area contributed by atoms with Crippen molar-refractivity contribution in [2.45, 2.75) is 131 Å². The number of hydrogen-bond donors (Lipinski definition) is 0. The quantitative estimate of drug-likeness (QED) is 0.123. The molecule has 0 aliphatic carbocycles. The van der Waals surface area contributed by atoms with E-state index in [4.69, 9.17) is 14.7 Å². The first-order valence-electron chi connectivity index (χ1n) is 23.8. The van der Waals surface area contributed by atoms with Crippen molar-refractivity contribution in [3.05, 3.63) is 168 Å². The van der Waals surface area contributed by atoms with Crippen LogP contribution in [-0.2, 0) is 27.1 Å². The van der Waals surface area contributed by atoms with E-state index in [0.717, 1.165) is 50.3 Å². The summed E-state index contributed by atoms with van der Waals surface area (Å²) in [5.41, 5.74) is 13.9. The summed E-state index contributed by atoms with van der Waals surface area (Å²) in [4.78, 5) is 9.86. The minimum Gasteiger partial charge on any atom is -0.458 e. The van der Waals surface area contributed by atoms with Gasteiger partial charge in [0.2, 0.25) is 0 Å². The number of ether oxygens (including phenoxy) is 1. The predicted octanol–water partition coefficient (Wildman–Crippen LogP) is 15.5. The average Bonchev–Trinajstić information content (AvgIpc) is 3.80. The zero-order valence-electron chi connectivity index (χ0n) is 42.3. The summed E-state index contributed by atoms with van der Waals surface area (Å²) in [6.45, 7) is 34.2. The van der Waals surface area contributed by atoms with Crippen molar-refractivity contribution in [3.8, 4) is 39.9 Å². The molecule has 0 aliphatic heterocycles. The number of aromatic nitrogens is 5. The fourth-order valence-electron chi connectivity index (χ4n) is 8.91. The van der Waals surface area contributed by atoms with Gasteiger partial charge in [-0.1, -0.05) is 158 Å². The molecule has 4 heterocycles. The molecule has 0 N–H and O–H groups in total. The fraction of sp³-hybridized carbons (Fsp3) is 0.328. The van der Waals surface area contributed by atoms with Crippen LogP contribution in [-0.4, -0.2) is 19.1 Å². The highest BCUT2D eigenvalue weighted by Gasteiger charge is 2.25. The highest BCUT2D eigenvalue weighted by molar-refractivity contribution is 6.09. The molecule has 0 bridgehead atoms. The number of benzene rings is 5. The van der Waals surface area contributed by atoms with Gasteiger partial charge in [0.1, 0.15) is 17.3 Å². The second-order valence-corrected chi connectivity index (χ2v) is 23.7. The number of imidazole rings is 1. The number of pyridine rings is 2. The van der Waals surface area contributed by atoms with Gasteiger partial charge < -0.3 is 4.74 Å². The van der Waals surface area contributed by atoms with Crippen molar-refractivity contribution in [2.75, 3.05) is 0 Å². The summed E-state index contributed by atoms with van der Waals surface area (Å²) in [5, 5.41) is 2.31. The molecule has 0 radical (unpaired) electrons. The maximum Gasteiger partial charge on any atom is 0.271 e. The molecular formula is C61H67N5O. The summed E-state index contributed by atoms with van der Waals surface area (Å²) in [6, 6.07) is 44.1. The van der Waals surface area contributed by atoms with Crippen molar-refractivity contribution >= 4 is 32.8 Å². The van der Waals surface area contributed by atoms with E-state index in [1.807, 2.05) is 24.5 Å². The van der Waals surface area contributed by atoms with E-state index in [1.165, 1.54) is 38.8 Å². The lowest BCUT2D eigenvalue weighted by molar-refractivity contribution is -0.572. The SMILES string of the molecule is CC(C)(C)c1cc(-c2ccc3c(c2)[n+](-c2cc(C(C)(C)C)cc(C(C)(C)C)c2)[c-]n3-c2cc(Oc3ccc4c5ccccc5n(-c5cc(C(C)(C)C)ccn5)c4c3)ccn2)cc(C(C)(C)C)c1. The van der Waals surface area contributed by atoms with Gasteiger partial charge >= 0.3 is 0 Å². The minimum atomic E-state index is -0.0611. The normalized spacial score (nSPS) is 13.0. The third-order valence-corrected chi connectivity index (χ3v) is 13.2. The summed E-state index contributed by atoms with van der Waals surface area (Å²) >= 11 is 0. The van der Waals surface area contributed by atoms with Gasteiger partial charge in [0, 0.05) is 35.3 Å². The Labute approximate surface area is 398 Å². The fourth-order valence-corrected chi connectivity index (χ4v) is 8.91. The zero-order valence-corrected chi connectivity index (χ0v) is 42.3. The Hall–Kier alpha value is -6.53. The second-order valence-electron chi connectivity index (χ2n) is 23.7. The minimum absolute atomic E-state index is 0.00787. The third-order valence-electron chi connectivity index (χ3n) is 13.2. The molecule has 0 fully saturated rings. The van der Waals surface area contributed by atoms with Crippen LogP contribution < -0.4 is 9.30 Å². The lowest BCUT2D eigenvalue weighted by atomic mass is 9.79. The van der Waals surface area contributed by atoms with E-state index in [1.54, 1.807) is 0 Å². The van der Waals surface area contributed by atoms with Gasteiger partial charge in [-0.25, -0.2) is 4.98 Å². The van der Waals surface area contributed by atoms with Crippen LogP contribution in [0.3, 0.4) is 0 Å². The first-order chi connectivity index (χ1) is 31.3. The van der Waals surface area contributed by atoms with Crippen molar-refractivity contribution in [2.24, 2.45) is 0 Å². The molecule has 0 amide bonds. The summed E-state index contributed by atoms with van der Waals surface area (Å²) in [5.74, 6) is 2.99. The molecule has 4 aromatic heterocycles. The molecule has 0 atom stereocenters. The Morgan fingerprint density at radius 2 is 0.985 bits per heavy atom. The van der Waals surface area contributed by atoms with Gasteiger partial charge in [-0.3, -0.25) is 18.7 Å². The molecule has 67 heavy (non-hydrogen) atoms. The van der Waals surface area contributed by atoms with Crippen LogP contribution in [0.1, 0.15) is 132 Å². The number of rotatable bonds is 6. The van der Waals surface area contributed by atoms with Gasteiger partial charge in [0.05, 0.1) is 27.8 Å². The molecular weight excluding hydrogens is 819 g/mol. The van der Waals surface area contributed by atoms with E-state index in [9.17, 15) is 0 Å². The standard InChI is InChI=1S/C61H67N5O/c1-57(2,3)41-24-26-63-56(35-41)66-51-19-17-16-18-49(51)50-22-21-47(36-53(50)66)67-48-25-27-62-55(37-48)65-38-64(46-33-44(60(10,11)12)32-45(34-46)61(13,14)15)54-30-39(20-23-52(54)65)40-28-42(58(4,5)6)31-43(29-40)59(7,8)9/h16-37H,1-15H3. The van der Waals surface area contributed by atoms with Crippen LogP contribution in [0.25, 0.3) is 61.3 Å². The average molecular weight is 886 g/mol. The second kappa shape index (κ2) is 16.1. The lowest BCUT2D eigenvalue weighted by Gasteiger charge is -2.27. The molecule has 6 nitrogen and oxygen atoms in total. The first kappa shape index (κ1) is 45.6. The maximum atomic E-state index is 6.77. The number of hydrogen-bond acceptors (Lipinski definition) is 3. The number of para-hydroxylation sites is 1. The van der Waals surface area contributed by atoms with Gasteiger partial charge in [0.15, 0.2) is 5.82 Å². The molecule has 6 heteroatoms. The number of nitrogens with zero attached hydrogens (tertiary/aromatic N) is 5. The van der Waals surface area contributed by atoms with E-state index < -0.39 is 0 Å². The number of fused-ring (bicyclic) bond motifs is 4. The van der Waals surface area contributed by atoms with Crippen LogP contribution in [0.2, 0.25) is 0 Å². The largest absolute Gasteiger partial charge is 0.458 e. The molecule has 9 rings (SSSR count). The van der Waals surface area contributed by atoms with Crippen LogP contribution >= 0.6 is 0 Å². The molecule has 0 spiro atoms. The van der Waals surface area contributed by atoms with E-state index in [0.29, 0.717) is 11.6 Å². The lowest BCUT2D eigenvalue weighted by Crippen LogP contribution is -2.31. The van der Waals surface area contributed by atoms with Crippen molar-refractivity contribution < 1.29 is 9.30 Å². The van der Waals surface area contributed by atoms with Crippen molar-refractivity contribution in [3.63, 3.8) is 0 Å². The first-order valence-corrected chi connectivity index (χ1v) is 23.8. The monoisotopic (exact) mass is 886 g/mol. The topological polar surface area (TPSA) is 48.8 Å². The Bertz CT molecular complexity index is 3280. The van der Waals surface area contributed by atoms with Gasteiger partial charge in [-0.05, 0) is 121 Å². The van der Waals surface area contributed by atoms with Crippen molar-refractivity contribution in [1.29, 1.82) is 0 Å². The molecule has 342 valence electrons. The molecule has 5 aromatic carbocycles. The predicted molar refractivity (Wildman–Crippen MR) is 279 cm³/mol. The van der Waals surface area contributed by atoms with E-state index >= 15 is 0 Å². The smallest absolute Gasteiger partial charge is 0.271 e. The van der Waals surface area contributed by atoms with Gasteiger partial charge in [-0.15, -0.1) is 0 Å². The van der Waals surface area contributed by atoms with E-state index in [-0.39, 0.29) is 27.1 Å². The van der Waals surface area contributed by atoms with Crippen molar-refractivity contribution in [1.82, 2.24) is 19.1 Å². The van der Waals surface area contributed by atoms with Gasteiger partial charge in [-0.2, -0.15) is 0 Å². The van der Waals surface area contributed by atoms with Crippen LogP contribution in [0.15, 0.2) is 134 Å². The molecule has 0 saturated heterocycles. The third kappa shape index (κ3) is 8.91. The molecule has 0 saturated carbocycles. The highest BCUT2D eigenvalue weighted by atomic mass is 16.5. The van der Waals surface area contributed by atoms with Crippen LogP contribution in [0.4, 0.5) is 0 Å². The summed E-state index contributed by atoms with van der Waals surface area (Å²) in [6.07, 6.45) is 7.55. The summed E-state index contributed by atoms with van der Waals surface area (Å²) < 4.78 is 13.3. The molecule has 9 aromatic rings. The Morgan fingerprint density at radius 3 is 1.61 bits per heavy atom. The van der Waals surface area contributed by atoms with Gasteiger partial charge in [0.25, 0.3) is 6.33 Å². The highest BCUT2D eigenvalue weighted by Crippen LogP contribution is 2.39. The Kier molecular flexibility index (Phi) is 10.9. The molecule has 0 aliphatic rings. The Morgan fingerprint density at radius 1 is 0.433 bits per heavy atom. The van der Waals surface area contributed by atoms with Crippen LogP contribution in [0.5, 0.6) is 11.5 Å². The zero-order chi connectivity index (χ0) is 48.0. The summed E-state index contributed by atoms with van der Waals surface area (Å²) in [7, 11) is 0. The van der Waals surface area contributed by atoms with E-state index in [2.05, 4.69) is 233 Å². The Balaban J connectivity index is 1.19. The maximum absolute atomic E-state index is 6.77.